The van der Waals surface area contributed by atoms with Gasteiger partial charge >= 0.3 is 11.9 Å². The van der Waals surface area contributed by atoms with E-state index in [0.29, 0.717) is 12.0 Å². The summed E-state index contributed by atoms with van der Waals surface area (Å²) in [6, 6.07) is 3.27. The van der Waals surface area contributed by atoms with Crippen LogP contribution in [0.1, 0.15) is 10.6 Å². The molecule has 2 atom stereocenters. The molecule has 4 N–H and O–H groups in total. The zero-order valence-electron chi connectivity index (χ0n) is 8.39. The van der Waals surface area contributed by atoms with E-state index in [1.807, 2.05) is 0 Å². The Kier molecular flexibility index (Phi) is 6.22. The lowest BCUT2D eigenvalue weighted by Gasteiger charge is -2.07. The molecule has 0 aliphatic rings. The number of carbonyl (C=O) groups is 3. The van der Waals surface area contributed by atoms with E-state index in [-0.39, 0.29) is 0 Å². The Hall–Kier alpha value is -2.19. The molecule has 1 aromatic rings. The number of furan rings is 1. The number of aliphatic hydroxyl groups excluding tert-OH is 2. The van der Waals surface area contributed by atoms with E-state index in [2.05, 4.69) is 4.42 Å². The van der Waals surface area contributed by atoms with Crippen LogP contribution in [0.15, 0.2) is 22.8 Å². The SMILES string of the molecule is O=C(O)C(O)C(O)C(=O)O.O=Cc1ccco1. The number of aldehydes is 1. The smallest absolute Gasteiger partial charge is 0.335 e. The van der Waals surface area contributed by atoms with Crippen LogP contribution in [0.5, 0.6) is 0 Å². The highest BCUT2D eigenvalue weighted by Gasteiger charge is 2.29. The lowest BCUT2D eigenvalue weighted by atomic mass is 10.2. The number of hydrogen-bond acceptors (Lipinski definition) is 6. The molecule has 0 aliphatic carbocycles. The molecule has 1 rings (SSSR count). The summed E-state index contributed by atoms with van der Waals surface area (Å²) in [6.45, 7) is 0. The summed E-state index contributed by atoms with van der Waals surface area (Å²) in [5.74, 6) is -3.16. The van der Waals surface area contributed by atoms with E-state index in [1.165, 1.54) is 6.26 Å². The van der Waals surface area contributed by atoms with Crippen LogP contribution in [0.2, 0.25) is 0 Å². The standard InChI is InChI=1S/C5H4O2.C4H6O6/c6-4-5-2-1-3-7-5;5-1(3(7)8)2(6)4(9)10/h1-4H;1-2,5-6H,(H,7,8)(H,9,10). The number of hydrogen-bond donors (Lipinski definition) is 4. The Bertz CT molecular complexity index is 350. The molecule has 0 aromatic carbocycles. The maximum absolute atomic E-state index is 9.77. The van der Waals surface area contributed by atoms with E-state index in [4.69, 9.17) is 20.4 Å². The Labute approximate surface area is 94.7 Å². The monoisotopic (exact) mass is 246 g/mol. The van der Waals surface area contributed by atoms with Crippen LogP contribution in [0.4, 0.5) is 0 Å². The van der Waals surface area contributed by atoms with E-state index in [0.717, 1.165) is 0 Å². The third kappa shape index (κ3) is 5.44. The molecule has 0 saturated heterocycles. The summed E-state index contributed by atoms with van der Waals surface area (Å²) in [4.78, 5) is 29.3. The first-order valence-electron chi connectivity index (χ1n) is 4.20. The number of carboxylic acids is 2. The first-order valence-corrected chi connectivity index (χ1v) is 4.20. The number of aliphatic hydroxyl groups is 2. The van der Waals surface area contributed by atoms with E-state index < -0.39 is 24.1 Å². The number of rotatable bonds is 4. The molecule has 0 saturated carbocycles. The van der Waals surface area contributed by atoms with Crippen molar-refractivity contribution >= 4 is 18.2 Å². The van der Waals surface area contributed by atoms with Gasteiger partial charge < -0.3 is 24.8 Å². The van der Waals surface area contributed by atoms with Crippen molar-refractivity contribution in [1.82, 2.24) is 0 Å². The van der Waals surface area contributed by atoms with Gasteiger partial charge in [0.15, 0.2) is 24.3 Å². The molecule has 94 valence electrons. The van der Waals surface area contributed by atoms with Gasteiger partial charge in [-0.3, -0.25) is 4.79 Å². The summed E-state index contributed by atoms with van der Waals surface area (Å²) in [6.07, 6.45) is -2.40. The third-order valence-corrected chi connectivity index (χ3v) is 1.46. The second-order valence-electron chi connectivity index (χ2n) is 2.70. The third-order valence-electron chi connectivity index (χ3n) is 1.46. The average molecular weight is 246 g/mol. The summed E-state index contributed by atoms with van der Waals surface area (Å²) in [5.41, 5.74) is 0. The van der Waals surface area contributed by atoms with Crippen molar-refractivity contribution in [3.63, 3.8) is 0 Å². The van der Waals surface area contributed by atoms with E-state index in [9.17, 15) is 14.4 Å². The maximum atomic E-state index is 9.77. The van der Waals surface area contributed by atoms with Gasteiger partial charge in [0.1, 0.15) is 0 Å². The molecule has 0 aliphatic heterocycles. The van der Waals surface area contributed by atoms with Gasteiger partial charge in [0.2, 0.25) is 0 Å². The molecule has 0 amide bonds. The van der Waals surface area contributed by atoms with Gasteiger partial charge in [0.25, 0.3) is 0 Å². The molecule has 1 heterocycles. The molecular weight excluding hydrogens is 236 g/mol. The van der Waals surface area contributed by atoms with Gasteiger partial charge in [0, 0.05) is 0 Å². The van der Waals surface area contributed by atoms with Crippen molar-refractivity contribution in [2.75, 3.05) is 0 Å². The molecule has 0 fully saturated rings. The van der Waals surface area contributed by atoms with Crippen LogP contribution < -0.4 is 0 Å². The fraction of sp³-hybridized carbons (Fsp3) is 0.222. The van der Waals surface area contributed by atoms with Gasteiger partial charge in [-0.25, -0.2) is 9.59 Å². The molecule has 2 unspecified atom stereocenters. The van der Waals surface area contributed by atoms with E-state index >= 15 is 0 Å². The van der Waals surface area contributed by atoms with Crippen molar-refractivity contribution in [1.29, 1.82) is 0 Å². The van der Waals surface area contributed by atoms with Gasteiger partial charge in [-0.1, -0.05) is 0 Å². The zero-order chi connectivity index (χ0) is 13.4. The van der Waals surface area contributed by atoms with Crippen molar-refractivity contribution in [3.8, 4) is 0 Å². The normalized spacial score (nSPS) is 12.8. The molecule has 0 radical (unpaired) electrons. The Balaban J connectivity index is 0.000000318. The first-order chi connectivity index (χ1) is 7.90. The first kappa shape index (κ1) is 14.8. The second kappa shape index (κ2) is 7.14. The minimum absolute atomic E-state index is 0.375. The van der Waals surface area contributed by atoms with Gasteiger partial charge in [-0.15, -0.1) is 0 Å². The van der Waals surface area contributed by atoms with Crippen LogP contribution >= 0.6 is 0 Å². The largest absolute Gasteiger partial charge is 0.479 e. The Morgan fingerprint density at radius 3 is 1.82 bits per heavy atom. The fourth-order valence-electron chi connectivity index (χ4n) is 0.628. The molecule has 0 bridgehead atoms. The van der Waals surface area contributed by atoms with Gasteiger partial charge in [0.05, 0.1) is 6.26 Å². The summed E-state index contributed by atoms with van der Waals surface area (Å²) < 4.78 is 4.61. The van der Waals surface area contributed by atoms with Gasteiger partial charge in [-0.05, 0) is 12.1 Å². The van der Waals surface area contributed by atoms with Crippen LogP contribution in [0.25, 0.3) is 0 Å². The Morgan fingerprint density at radius 2 is 1.65 bits per heavy atom. The lowest BCUT2D eigenvalue weighted by Crippen LogP contribution is -2.39. The molecule has 0 spiro atoms. The topological polar surface area (TPSA) is 145 Å². The molecule has 8 nitrogen and oxygen atoms in total. The van der Waals surface area contributed by atoms with Gasteiger partial charge in [-0.2, -0.15) is 0 Å². The molecule has 17 heavy (non-hydrogen) atoms. The molecule has 8 heteroatoms. The summed E-state index contributed by atoms with van der Waals surface area (Å²) in [7, 11) is 0. The number of carbonyl (C=O) groups excluding carboxylic acids is 1. The summed E-state index contributed by atoms with van der Waals surface area (Å²) >= 11 is 0. The summed E-state index contributed by atoms with van der Waals surface area (Å²) in [5, 5.41) is 32.5. The highest BCUT2D eigenvalue weighted by molar-refractivity contribution is 5.83. The van der Waals surface area contributed by atoms with E-state index in [1.54, 1.807) is 12.1 Å². The Morgan fingerprint density at radius 1 is 1.18 bits per heavy atom. The zero-order valence-corrected chi connectivity index (χ0v) is 8.39. The minimum Gasteiger partial charge on any atom is -0.479 e. The maximum Gasteiger partial charge on any atom is 0.335 e. The van der Waals surface area contributed by atoms with Crippen molar-refractivity contribution in [2.24, 2.45) is 0 Å². The predicted molar refractivity (Wildman–Crippen MR) is 51.4 cm³/mol. The lowest BCUT2D eigenvalue weighted by molar-refractivity contribution is -0.165. The highest BCUT2D eigenvalue weighted by atomic mass is 16.4. The minimum atomic E-state index is -2.27. The van der Waals surface area contributed by atoms with Crippen LogP contribution in [-0.2, 0) is 9.59 Å². The quantitative estimate of drug-likeness (QED) is 0.493. The molecular formula is C9H10O8. The molecule has 1 aromatic heterocycles. The number of aliphatic carboxylic acids is 2. The second-order valence-corrected chi connectivity index (χ2v) is 2.70. The van der Waals surface area contributed by atoms with Crippen molar-refractivity contribution in [3.05, 3.63) is 24.2 Å². The average Bonchev–Trinajstić information content (AvgIpc) is 2.80. The van der Waals surface area contributed by atoms with Crippen LogP contribution in [0, 0.1) is 0 Å². The van der Waals surface area contributed by atoms with Crippen LogP contribution in [-0.4, -0.2) is 50.9 Å². The highest BCUT2D eigenvalue weighted by Crippen LogP contribution is 1.93. The predicted octanol–water partition coefficient (Wildman–Crippen LogP) is -1.03. The van der Waals surface area contributed by atoms with Crippen LogP contribution in [0.3, 0.4) is 0 Å². The fourth-order valence-corrected chi connectivity index (χ4v) is 0.628. The number of carboxylic acid groups (broad SMARTS) is 2. The van der Waals surface area contributed by atoms with Crippen molar-refractivity contribution in [2.45, 2.75) is 12.2 Å². The van der Waals surface area contributed by atoms with Crippen molar-refractivity contribution < 1.29 is 39.2 Å².